The number of amides is 2. The third-order valence-corrected chi connectivity index (χ3v) is 5.97. The van der Waals surface area contributed by atoms with Gasteiger partial charge in [0.2, 0.25) is 0 Å². The maximum atomic E-state index is 12.4. The second kappa shape index (κ2) is 7.37. The lowest BCUT2D eigenvalue weighted by Gasteiger charge is -2.13. The van der Waals surface area contributed by atoms with Gasteiger partial charge in [0, 0.05) is 5.69 Å². The van der Waals surface area contributed by atoms with Crippen molar-refractivity contribution in [3.63, 3.8) is 0 Å². The van der Waals surface area contributed by atoms with E-state index in [1.807, 2.05) is 6.07 Å². The van der Waals surface area contributed by atoms with Crippen molar-refractivity contribution in [2.45, 2.75) is 4.21 Å². The van der Waals surface area contributed by atoms with Crippen LogP contribution in [0.25, 0.3) is 0 Å². The molecule has 0 radical (unpaired) electrons. The predicted molar refractivity (Wildman–Crippen MR) is 101 cm³/mol. The number of hydrogen-bond acceptors (Lipinski definition) is 4. The van der Waals surface area contributed by atoms with E-state index in [0.29, 0.717) is 17.1 Å². The fraction of sp³-hybridized carbons (Fsp3) is 0. The van der Waals surface area contributed by atoms with Crippen LogP contribution in [0.4, 0.5) is 21.9 Å². The predicted octanol–water partition coefficient (Wildman–Crippen LogP) is 4.19. The zero-order valence-corrected chi connectivity index (χ0v) is 14.6. The Morgan fingerprint density at radius 3 is 2.16 bits per heavy atom. The molecule has 25 heavy (non-hydrogen) atoms. The first kappa shape index (κ1) is 17.0. The number of carbonyl (C=O) groups is 1. The Bertz CT molecular complexity index is 956. The van der Waals surface area contributed by atoms with Gasteiger partial charge in [-0.3, -0.25) is 4.72 Å². The van der Waals surface area contributed by atoms with Crippen LogP contribution in [0.15, 0.2) is 76.3 Å². The lowest BCUT2D eigenvalue weighted by atomic mass is 10.3. The molecule has 0 aliphatic rings. The van der Waals surface area contributed by atoms with Crippen LogP contribution in [0.2, 0.25) is 0 Å². The van der Waals surface area contributed by atoms with Crippen LogP contribution in [0.3, 0.4) is 0 Å². The van der Waals surface area contributed by atoms with E-state index in [2.05, 4.69) is 15.4 Å². The van der Waals surface area contributed by atoms with E-state index in [1.165, 1.54) is 6.07 Å². The molecular formula is C17H15N3O3S2. The van der Waals surface area contributed by atoms with Crippen LogP contribution in [-0.4, -0.2) is 14.4 Å². The minimum Gasteiger partial charge on any atom is -0.308 e. The molecule has 0 unspecified atom stereocenters. The average molecular weight is 373 g/mol. The lowest BCUT2D eigenvalue weighted by molar-refractivity contribution is 0.262. The largest absolute Gasteiger partial charge is 0.323 e. The molecule has 3 N–H and O–H groups in total. The summed E-state index contributed by atoms with van der Waals surface area (Å²) in [6.45, 7) is 0. The van der Waals surface area contributed by atoms with Gasteiger partial charge in [-0.2, -0.15) is 0 Å². The highest BCUT2D eigenvalue weighted by Crippen LogP contribution is 2.26. The van der Waals surface area contributed by atoms with Gasteiger partial charge in [0.05, 0.1) is 11.4 Å². The summed E-state index contributed by atoms with van der Waals surface area (Å²) in [6.07, 6.45) is 0. The smallest absolute Gasteiger partial charge is 0.308 e. The highest BCUT2D eigenvalue weighted by atomic mass is 32.2. The fourth-order valence-electron chi connectivity index (χ4n) is 2.10. The molecule has 0 saturated carbocycles. The molecule has 2 amide bonds. The molecule has 6 nitrogen and oxygen atoms in total. The zero-order valence-electron chi connectivity index (χ0n) is 13.0. The topological polar surface area (TPSA) is 87.3 Å². The average Bonchev–Trinajstić information content (AvgIpc) is 3.13. The van der Waals surface area contributed by atoms with E-state index < -0.39 is 16.1 Å². The van der Waals surface area contributed by atoms with Crippen LogP contribution in [0.5, 0.6) is 0 Å². The number of anilines is 3. The Morgan fingerprint density at radius 1 is 0.800 bits per heavy atom. The molecule has 0 spiro atoms. The van der Waals surface area contributed by atoms with Crippen LogP contribution in [0, 0.1) is 0 Å². The first-order chi connectivity index (χ1) is 12.0. The Morgan fingerprint density at radius 2 is 1.48 bits per heavy atom. The van der Waals surface area contributed by atoms with Gasteiger partial charge in [-0.1, -0.05) is 36.4 Å². The second-order valence-electron chi connectivity index (χ2n) is 5.03. The summed E-state index contributed by atoms with van der Waals surface area (Å²) in [5.74, 6) is 0. The minimum atomic E-state index is -3.69. The van der Waals surface area contributed by atoms with Crippen molar-refractivity contribution in [1.29, 1.82) is 0 Å². The number of urea groups is 1. The molecule has 0 saturated heterocycles. The van der Waals surface area contributed by atoms with E-state index in [-0.39, 0.29) is 4.21 Å². The van der Waals surface area contributed by atoms with Gasteiger partial charge in [0.1, 0.15) is 4.21 Å². The summed E-state index contributed by atoms with van der Waals surface area (Å²) in [7, 11) is -3.69. The summed E-state index contributed by atoms with van der Waals surface area (Å²) in [5, 5.41) is 7.02. The van der Waals surface area contributed by atoms with Crippen molar-refractivity contribution < 1.29 is 13.2 Å². The number of sulfonamides is 1. The maximum Gasteiger partial charge on any atom is 0.323 e. The molecule has 0 atom stereocenters. The fourth-order valence-corrected chi connectivity index (χ4v) is 4.17. The van der Waals surface area contributed by atoms with Gasteiger partial charge in [-0.15, -0.1) is 11.3 Å². The number of carbonyl (C=O) groups excluding carboxylic acids is 1. The quantitative estimate of drug-likeness (QED) is 0.626. The molecule has 0 bridgehead atoms. The number of para-hydroxylation sites is 3. The number of rotatable bonds is 5. The Kier molecular flexibility index (Phi) is 5.01. The van der Waals surface area contributed by atoms with E-state index in [0.717, 1.165) is 11.3 Å². The van der Waals surface area contributed by atoms with Gasteiger partial charge in [0.25, 0.3) is 10.0 Å². The summed E-state index contributed by atoms with van der Waals surface area (Å²) in [5.41, 5.74) is 1.28. The first-order valence-corrected chi connectivity index (χ1v) is 9.69. The standard InChI is InChI=1S/C17H15N3O3S2/c21-17(18-13-7-2-1-3-8-13)19-14-9-4-5-10-15(14)20-25(22,23)16-11-6-12-24-16/h1-12,20H,(H2,18,19,21). The molecule has 0 aliphatic carbocycles. The molecule has 0 aliphatic heterocycles. The van der Waals surface area contributed by atoms with Crippen molar-refractivity contribution in [3.8, 4) is 0 Å². The highest BCUT2D eigenvalue weighted by Gasteiger charge is 2.17. The molecule has 3 aromatic rings. The SMILES string of the molecule is O=C(Nc1ccccc1)Nc1ccccc1NS(=O)(=O)c1cccs1. The Labute approximate surface area is 149 Å². The number of nitrogens with one attached hydrogen (secondary N) is 3. The molecule has 1 heterocycles. The van der Waals surface area contributed by atoms with E-state index in [9.17, 15) is 13.2 Å². The molecule has 128 valence electrons. The summed E-state index contributed by atoms with van der Waals surface area (Å²) >= 11 is 1.12. The molecule has 3 rings (SSSR count). The van der Waals surface area contributed by atoms with Crippen molar-refractivity contribution in [2.24, 2.45) is 0 Å². The summed E-state index contributed by atoms with van der Waals surface area (Å²) in [6, 6.07) is 18.3. The van der Waals surface area contributed by atoms with Gasteiger partial charge < -0.3 is 10.6 Å². The van der Waals surface area contributed by atoms with Gasteiger partial charge in [-0.05, 0) is 35.7 Å². The number of thiophene rings is 1. The number of hydrogen-bond donors (Lipinski definition) is 3. The maximum absolute atomic E-state index is 12.4. The molecule has 0 fully saturated rings. The van der Waals surface area contributed by atoms with Crippen LogP contribution < -0.4 is 15.4 Å². The summed E-state index contributed by atoms with van der Waals surface area (Å²) < 4.78 is 27.4. The third kappa shape index (κ3) is 4.37. The molecule has 2 aromatic carbocycles. The van der Waals surface area contributed by atoms with Crippen LogP contribution >= 0.6 is 11.3 Å². The Hall–Kier alpha value is -2.84. The monoisotopic (exact) mass is 373 g/mol. The molecule has 1 aromatic heterocycles. The van der Waals surface area contributed by atoms with Crippen molar-refractivity contribution >= 4 is 44.5 Å². The van der Waals surface area contributed by atoms with Crippen molar-refractivity contribution in [3.05, 3.63) is 72.1 Å². The van der Waals surface area contributed by atoms with Crippen LogP contribution in [-0.2, 0) is 10.0 Å². The summed E-state index contributed by atoms with van der Waals surface area (Å²) in [4.78, 5) is 12.1. The van der Waals surface area contributed by atoms with Gasteiger partial charge in [-0.25, -0.2) is 13.2 Å². The van der Waals surface area contributed by atoms with Gasteiger partial charge >= 0.3 is 6.03 Å². The third-order valence-electron chi connectivity index (χ3n) is 3.21. The Balaban J connectivity index is 1.76. The normalized spacial score (nSPS) is 10.9. The first-order valence-electron chi connectivity index (χ1n) is 7.33. The van der Waals surface area contributed by atoms with Crippen LogP contribution in [0.1, 0.15) is 0 Å². The number of benzene rings is 2. The van der Waals surface area contributed by atoms with Crippen molar-refractivity contribution in [1.82, 2.24) is 0 Å². The van der Waals surface area contributed by atoms with E-state index in [4.69, 9.17) is 0 Å². The highest BCUT2D eigenvalue weighted by molar-refractivity contribution is 7.94. The lowest BCUT2D eigenvalue weighted by Crippen LogP contribution is -2.21. The molecule has 8 heteroatoms. The minimum absolute atomic E-state index is 0.205. The van der Waals surface area contributed by atoms with Gasteiger partial charge in [0.15, 0.2) is 0 Å². The van der Waals surface area contributed by atoms with Crippen molar-refractivity contribution in [2.75, 3.05) is 15.4 Å². The van der Waals surface area contributed by atoms with E-state index >= 15 is 0 Å². The molecular weight excluding hydrogens is 358 g/mol. The second-order valence-corrected chi connectivity index (χ2v) is 7.89. The zero-order chi connectivity index (χ0) is 17.7. The van der Waals surface area contributed by atoms with E-state index in [1.54, 1.807) is 60.0 Å².